The molecule has 7 nitrogen and oxygen atoms in total. The molecule has 0 aromatic carbocycles. The van der Waals surface area contributed by atoms with Crippen LogP contribution in [0.3, 0.4) is 0 Å². The van der Waals surface area contributed by atoms with Gasteiger partial charge in [0.15, 0.2) is 5.69 Å². The number of β-amino-alcohol motifs (C(OH)–C–C–N with tert-alkyl or cyclic N) is 1. The summed E-state index contributed by atoms with van der Waals surface area (Å²) in [6.07, 6.45) is 2.31. The van der Waals surface area contributed by atoms with Crippen molar-refractivity contribution < 1.29 is 14.4 Å². The highest BCUT2D eigenvalue weighted by Crippen LogP contribution is 2.26. The van der Waals surface area contributed by atoms with E-state index in [0.717, 1.165) is 5.82 Å². The number of aliphatic hydroxyl groups is 1. The number of pyridine rings is 1. The monoisotopic (exact) mass is 316 g/mol. The van der Waals surface area contributed by atoms with Crippen LogP contribution in [0.4, 0.5) is 5.82 Å². The van der Waals surface area contributed by atoms with Crippen molar-refractivity contribution in [1.29, 1.82) is 0 Å². The molecule has 1 fully saturated rings. The third-order valence-corrected chi connectivity index (χ3v) is 4.03. The molecule has 23 heavy (non-hydrogen) atoms. The number of aryl methyl sites for hydroxylation is 1. The molecule has 2 aromatic rings. The lowest BCUT2D eigenvalue weighted by molar-refractivity contribution is 0.0260. The molecule has 1 atom stereocenters. The Morgan fingerprint density at radius 2 is 2.35 bits per heavy atom. The van der Waals surface area contributed by atoms with Gasteiger partial charge in [-0.2, -0.15) is 0 Å². The van der Waals surface area contributed by atoms with Crippen molar-refractivity contribution in [3.05, 3.63) is 41.9 Å². The summed E-state index contributed by atoms with van der Waals surface area (Å²) in [7, 11) is 1.66. The van der Waals surface area contributed by atoms with Gasteiger partial charge in [0.25, 0.3) is 5.91 Å². The molecule has 0 aliphatic carbocycles. The van der Waals surface area contributed by atoms with Gasteiger partial charge in [0.1, 0.15) is 17.2 Å². The van der Waals surface area contributed by atoms with E-state index < -0.39 is 5.60 Å². The van der Waals surface area contributed by atoms with Crippen molar-refractivity contribution in [1.82, 2.24) is 15.0 Å². The Balaban J connectivity index is 1.64. The van der Waals surface area contributed by atoms with Crippen molar-refractivity contribution >= 4 is 11.7 Å². The van der Waals surface area contributed by atoms with Gasteiger partial charge >= 0.3 is 0 Å². The minimum absolute atomic E-state index is 0.237. The molecule has 122 valence electrons. The first-order chi connectivity index (χ1) is 11.0. The largest absolute Gasteiger partial charge is 0.386 e. The first kappa shape index (κ1) is 15.5. The van der Waals surface area contributed by atoms with Gasteiger partial charge < -0.3 is 19.4 Å². The lowest BCUT2D eigenvalue weighted by Crippen LogP contribution is -2.46. The second-order valence-electron chi connectivity index (χ2n) is 6.07. The number of hydrogen-bond donors (Lipinski definition) is 1. The SMILES string of the molecule is Cc1cc(C(=O)N(C)C[C@]2(O)CCN(c3ccccn3)C2)no1. The van der Waals surface area contributed by atoms with E-state index in [1.165, 1.54) is 4.90 Å². The third-order valence-electron chi connectivity index (χ3n) is 4.03. The first-order valence-corrected chi connectivity index (χ1v) is 7.54. The van der Waals surface area contributed by atoms with Crippen LogP contribution in [0.5, 0.6) is 0 Å². The fourth-order valence-corrected chi connectivity index (χ4v) is 2.90. The summed E-state index contributed by atoms with van der Waals surface area (Å²) >= 11 is 0. The Hall–Kier alpha value is -2.41. The maximum Gasteiger partial charge on any atom is 0.275 e. The number of aromatic nitrogens is 2. The average molecular weight is 316 g/mol. The zero-order valence-corrected chi connectivity index (χ0v) is 13.3. The molecular weight excluding hydrogens is 296 g/mol. The molecule has 0 unspecified atom stereocenters. The normalized spacial score (nSPS) is 20.7. The Morgan fingerprint density at radius 1 is 1.52 bits per heavy atom. The van der Waals surface area contributed by atoms with Gasteiger partial charge in [0.2, 0.25) is 0 Å². The lowest BCUT2D eigenvalue weighted by atomic mass is 10.0. The van der Waals surface area contributed by atoms with Gasteiger partial charge in [-0.25, -0.2) is 4.98 Å². The van der Waals surface area contributed by atoms with Crippen LogP contribution in [0.1, 0.15) is 22.7 Å². The quantitative estimate of drug-likeness (QED) is 0.909. The molecule has 1 N–H and O–H groups in total. The van der Waals surface area contributed by atoms with E-state index in [2.05, 4.69) is 10.1 Å². The molecule has 3 rings (SSSR count). The summed E-state index contributed by atoms with van der Waals surface area (Å²) in [5.74, 6) is 1.17. The summed E-state index contributed by atoms with van der Waals surface area (Å²) in [6.45, 7) is 3.12. The zero-order valence-electron chi connectivity index (χ0n) is 13.3. The number of rotatable bonds is 4. The number of likely N-dealkylation sites (N-methyl/N-ethyl adjacent to an activating group) is 1. The molecule has 1 amide bonds. The van der Waals surface area contributed by atoms with Gasteiger partial charge in [-0.1, -0.05) is 11.2 Å². The Morgan fingerprint density at radius 3 is 3.00 bits per heavy atom. The van der Waals surface area contributed by atoms with Crippen molar-refractivity contribution in [3.8, 4) is 0 Å². The lowest BCUT2D eigenvalue weighted by Gasteiger charge is -2.28. The van der Waals surface area contributed by atoms with Crippen LogP contribution in [0.15, 0.2) is 35.0 Å². The molecule has 1 aliphatic heterocycles. The van der Waals surface area contributed by atoms with Crippen molar-refractivity contribution in [2.24, 2.45) is 0 Å². The Kier molecular flexibility index (Phi) is 4.04. The number of amides is 1. The molecule has 1 saturated heterocycles. The molecule has 0 bridgehead atoms. The van der Waals surface area contributed by atoms with Gasteiger partial charge in [0, 0.05) is 32.4 Å². The van der Waals surface area contributed by atoms with E-state index in [0.29, 0.717) is 25.3 Å². The smallest absolute Gasteiger partial charge is 0.275 e. The van der Waals surface area contributed by atoms with Crippen molar-refractivity contribution in [3.63, 3.8) is 0 Å². The number of anilines is 1. The van der Waals surface area contributed by atoms with Crippen LogP contribution in [0.2, 0.25) is 0 Å². The molecule has 0 spiro atoms. The van der Waals surface area contributed by atoms with Crippen LogP contribution >= 0.6 is 0 Å². The van der Waals surface area contributed by atoms with E-state index in [4.69, 9.17) is 4.52 Å². The van der Waals surface area contributed by atoms with Crippen molar-refractivity contribution in [2.75, 3.05) is 31.6 Å². The topological polar surface area (TPSA) is 82.7 Å². The van der Waals surface area contributed by atoms with Crippen LogP contribution in [-0.4, -0.2) is 58.3 Å². The van der Waals surface area contributed by atoms with E-state index in [1.807, 2.05) is 23.1 Å². The fraction of sp³-hybridized carbons (Fsp3) is 0.438. The third kappa shape index (κ3) is 3.34. The highest BCUT2D eigenvalue weighted by Gasteiger charge is 2.38. The van der Waals surface area contributed by atoms with Crippen LogP contribution in [0.25, 0.3) is 0 Å². The van der Waals surface area contributed by atoms with E-state index in [1.54, 1.807) is 26.2 Å². The summed E-state index contributed by atoms with van der Waals surface area (Å²) in [6, 6.07) is 7.29. The summed E-state index contributed by atoms with van der Waals surface area (Å²) < 4.78 is 4.93. The highest BCUT2D eigenvalue weighted by molar-refractivity contribution is 5.92. The minimum atomic E-state index is -0.958. The molecular formula is C16H20N4O3. The molecule has 7 heteroatoms. The van der Waals surface area contributed by atoms with Gasteiger partial charge in [-0.05, 0) is 25.5 Å². The van der Waals surface area contributed by atoms with E-state index in [-0.39, 0.29) is 18.1 Å². The second kappa shape index (κ2) is 6.00. The molecule has 2 aromatic heterocycles. The minimum Gasteiger partial charge on any atom is -0.386 e. The molecule has 3 heterocycles. The van der Waals surface area contributed by atoms with Gasteiger partial charge in [-0.15, -0.1) is 0 Å². The number of carbonyl (C=O) groups excluding carboxylic acids is 1. The maximum atomic E-state index is 12.3. The molecule has 0 saturated carbocycles. The summed E-state index contributed by atoms with van der Waals surface area (Å²) in [5, 5.41) is 14.5. The van der Waals surface area contributed by atoms with Crippen LogP contribution < -0.4 is 4.90 Å². The number of hydrogen-bond acceptors (Lipinski definition) is 6. The van der Waals surface area contributed by atoms with Crippen LogP contribution in [-0.2, 0) is 0 Å². The van der Waals surface area contributed by atoms with E-state index >= 15 is 0 Å². The average Bonchev–Trinajstić information content (AvgIpc) is 3.14. The fourth-order valence-electron chi connectivity index (χ4n) is 2.90. The number of nitrogens with zero attached hydrogens (tertiary/aromatic N) is 4. The zero-order chi connectivity index (χ0) is 16.4. The Bertz CT molecular complexity index is 688. The maximum absolute atomic E-state index is 12.3. The highest BCUT2D eigenvalue weighted by atomic mass is 16.5. The van der Waals surface area contributed by atoms with Crippen molar-refractivity contribution in [2.45, 2.75) is 18.9 Å². The summed E-state index contributed by atoms with van der Waals surface area (Å²) in [4.78, 5) is 20.1. The predicted octanol–water partition coefficient (Wildman–Crippen LogP) is 1.09. The second-order valence-corrected chi connectivity index (χ2v) is 6.07. The van der Waals surface area contributed by atoms with Gasteiger partial charge in [-0.3, -0.25) is 4.79 Å². The first-order valence-electron chi connectivity index (χ1n) is 7.54. The molecule has 0 radical (unpaired) electrons. The van der Waals surface area contributed by atoms with Gasteiger partial charge in [0.05, 0.1) is 6.54 Å². The number of carbonyl (C=O) groups is 1. The van der Waals surface area contributed by atoms with Crippen LogP contribution in [0, 0.1) is 6.92 Å². The predicted molar refractivity (Wildman–Crippen MR) is 84.2 cm³/mol. The van der Waals surface area contributed by atoms with E-state index in [9.17, 15) is 9.90 Å². The Labute approximate surface area is 134 Å². The molecule has 1 aliphatic rings. The summed E-state index contributed by atoms with van der Waals surface area (Å²) in [5.41, 5.74) is -0.700. The standard InChI is InChI=1S/C16H20N4O3/c1-12-9-13(18-23-12)15(21)19(2)10-16(22)6-8-20(11-16)14-5-3-4-7-17-14/h3-5,7,9,22H,6,8,10-11H2,1-2H3/t16-/m1/s1.